The number of carbonyl (C=O) groups excluding carboxylic acids is 2. The van der Waals surface area contributed by atoms with Gasteiger partial charge in [0, 0.05) is 0 Å². The van der Waals surface area contributed by atoms with Gasteiger partial charge >= 0.3 is 6.09 Å². The highest BCUT2D eigenvalue weighted by atomic mass is 32.2. The highest BCUT2D eigenvalue weighted by Gasteiger charge is 2.21. The van der Waals surface area contributed by atoms with Gasteiger partial charge in [0.1, 0.15) is 5.82 Å². The Morgan fingerprint density at radius 1 is 1.30 bits per heavy atom. The Kier molecular flexibility index (Phi) is 5.75. The second-order valence-corrected chi connectivity index (χ2v) is 6.15. The van der Waals surface area contributed by atoms with Crippen molar-refractivity contribution in [1.29, 1.82) is 0 Å². The fourth-order valence-corrected chi connectivity index (χ4v) is 2.76. The van der Waals surface area contributed by atoms with E-state index in [4.69, 9.17) is 0 Å². The van der Waals surface area contributed by atoms with E-state index in [1.807, 2.05) is 41.8 Å². The van der Waals surface area contributed by atoms with E-state index >= 15 is 0 Å². The van der Waals surface area contributed by atoms with E-state index in [0.717, 1.165) is 11.4 Å². The first-order chi connectivity index (χ1) is 11.0. The van der Waals surface area contributed by atoms with E-state index in [1.54, 1.807) is 6.92 Å². The lowest BCUT2D eigenvalue weighted by molar-refractivity contribution is -0.119. The summed E-state index contributed by atoms with van der Waals surface area (Å²) in [5.74, 6) is 0.325. The Morgan fingerprint density at radius 3 is 2.65 bits per heavy atom. The van der Waals surface area contributed by atoms with E-state index in [1.165, 1.54) is 18.9 Å². The number of hydrogen-bond donors (Lipinski definition) is 1. The Labute approximate surface area is 138 Å². The lowest BCUT2D eigenvalue weighted by atomic mass is 10.2. The van der Waals surface area contributed by atoms with Crippen molar-refractivity contribution in [1.82, 2.24) is 20.1 Å². The van der Waals surface area contributed by atoms with Crippen LogP contribution in [0.1, 0.15) is 18.3 Å². The topological polar surface area (TPSA) is 86.1 Å². The van der Waals surface area contributed by atoms with Crippen LogP contribution >= 0.6 is 11.8 Å². The minimum atomic E-state index is -0.774. The van der Waals surface area contributed by atoms with E-state index in [-0.39, 0.29) is 0 Å². The molecule has 0 spiro atoms. The van der Waals surface area contributed by atoms with Crippen LogP contribution in [0.15, 0.2) is 35.5 Å². The number of thioether (sulfide) groups is 1. The summed E-state index contributed by atoms with van der Waals surface area (Å²) in [5, 5.41) is 10.4. The number of benzene rings is 1. The number of hydrogen-bond acceptors (Lipinski definition) is 6. The summed E-state index contributed by atoms with van der Waals surface area (Å²) in [5.41, 5.74) is 1.11. The summed E-state index contributed by atoms with van der Waals surface area (Å²) in [4.78, 5) is 23.0. The number of aryl methyl sites for hydroxylation is 1. The van der Waals surface area contributed by atoms with Gasteiger partial charge < -0.3 is 9.30 Å². The maximum Gasteiger partial charge on any atom is 0.413 e. The first-order valence-electron chi connectivity index (χ1n) is 7.00. The van der Waals surface area contributed by atoms with Gasteiger partial charge in [-0.25, -0.2) is 4.79 Å². The SMILES string of the molecule is COC(=O)NC(=O)[C@H](C)Sc1nnc(C)n1Cc1ccccc1. The second kappa shape index (κ2) is 7.77. The van der Waals surface area contributed by atoms with Gasteiger partial charge in [-0.15, -0.1) is 10.2 Å². The van der Waals surface area contributed by atoms with Crippen molar-refractivity contribution < 1.29 is 14.3 Å². The molecule has 1 heterocycles. The number of rotatable bonds is 5. The van der Waals surface area contributed by atoms with Crippen LogP contribution in [0, 0.1) is 6.92 Å². The van der Waals surface area contributed by atoms with Crippen molar-refractivity contribution in [3.63, 3.8) is 0 Å². The summed E-state index contributed by atoms with van der Waals surface area (Å²) in [7, 11) is 1.21. The van der Waals surface area contributed by atoms with E-state index in [0.29, 0.717) is 11.7 Å². The van der Waals surface area contributed by atoms with Crippen LogP contribution in [0.5, 0.6) is 0 Å². The quantitative estimate of drug-likeness (QED) is 0.842. The van der Waals surface area contributed by atoms with Crippen molar-refractivity contribution in [2.75, 3.05) is 7.11 Å². The molecule has 122 valence electrons. The van der Waals surface area contributed by atoms with E-state index in [2.05, 4.69) is 20.3 Å². The van der Waals surface area contributed by atoms with Crippen LogP contribution in [0.3, 0.4) is 0 Å². The Morgan fingerprint density at radius 2 is 2.00 bits per heavy atom. The first kappa shape index (κ1) is 17.0. The highest BCUT2D eigenvalue weighted by Crippen LogP contribution is 2.23. The number of carbonyl (C=O) groups is 2. The molecular formula is C15H18N4O3S. The summed E-state index contributed by atoms with van der Waals surface area (Å²) in [6.45, 7) is 4.17. The van der Waals surface area contributed by atoms with Crippen LogP contribution < -0.4 is 5.32 Å². The largest absolute Gasteiger partial charge is 0.453 e. The zero-order chi connectivity index (χ0) is 16.8. The van der Waals surface area contributed by atoms with Crippen molar-refractivity contribution in [3.05, 3.63) is 41.7 Å². The molecule has 23 heavy (non-hydrogen) atoms. The molecule has 0 radical (unpaired) electrons. The standard InChI is InChI=1S/C15H18N4O3S/c1-10(13(20)16-15(21)22-3)23-14-18-17-11(2)19(14)9-12-7-5-4-6-8-12/h4-8,10H,9H2,1-3H3,(H,16,20,21)/t10-/m0/s1. The Bertz CT molecular complexity index is 687. The van der Waals surface area contributed by atoms with Gasteiger partial charge in [0.05, 0.1) is 18.9 Å². The maximum atomic E-state index is 11.9. The van der Waals surface area contributed by atoms with Crippen molar-refractivity contribution in [3.8, 4) is 0 Å². The predicted octanol–water partition coefficient (Wildman–Crippen LogP) is 2.00. The zero-order valence-corrected chi connectivity index (χ0v) is 14.0. The molecule has 1 N–H and O–H groups in total. The Hall–Kier alpha value is -2.35. The summed E-state index contributed by atoms with van der Waals surface area (Å²) in [6, 6.07) is 9.92. The lowest BCUT2D eigenvalue weighted by Gasteiger charge is -2.12. The average Bonchev–Trinajstić information content (AvgIpc) is 2.88. The molecule has 0 aliphatic carbocycles. The normalized spacial score (nSPS) is 11.8. The third-order valence-electron chi connectivity index (χ3n) is 3.15. The molecule has 1 aromatic heterocycles. The number of amides is 2. The number of alkyl carbamates (subject to hydrolysis) is 1. The number of nitrogens with zero attached hydrogens (tertiary/aromatic N) is 3. The van der Waals surface area contributed by atoms with Gasteiger partial charge in [-0.3, -0.25) is 10.1 Å². The molecule has 2 aromatic rings. The molecule has 0 fully saturated rings. The summed E-state index contributed by atoms with van der Waals surface area (Å²) < 4.78 is 6.35. The van der Waals surface area contributed by atoms with Gasteiger partial charge in [-0.1, -0.05) is 42.1 Å². The summed E-state index contributed by atoms with van der Waals surface area (Å²) >= 11 is 1.24. The van der Waals surface area contributed by atoms with Crippen molar-refractivity contribution in [2.45, 2.75) is 30.8 Å². The van der Waals surface area contributed by atoms with Gasteiger partial charge in [0.25, 0.3) is 0 Å². The number of aromatic nitrogens is 3. The third kappa shape index (κ3) is 4.56. The fourth-order valence-electron chi connectivity index (χ4n) is 1.86. The molecule has 0 aliphatic rings. The molecule has 0 aliphatic heterocycles. The minimum Gasteiger partial charge on any atom is -0.453 e. The molecule has 2 rings (SSSR count). The zero-order valence-electron chi connectivity index (χ0n) is 13.1. The van der Waals surface area contributed by atoms with Crippen molar-refractivity contribution >= 4 is 23.8 Å². The molecule has 0 saturated heterocycles. The molecule has 0 bridgehead atoms. The van der Waals surface area contributed by atoms with Crippen LogP contribution in [0.25, 0.3) is 0 Å². The monoisotopic (exact) mass is 334 g/mol. The van der Waals surface area contributed by atoms with Crippen LogP contribution in [0.4, 0.5) is 4.79 Å². The molecule has 0 saturated carbocycles. The molecule has 1 atom stereocenters. The molecule has 8 heteroatoms. The van der Waals surface area contributed by atoms with Gasteiger partial charge in [-0.2, -0.15) is 0 Å². The third-order valence-corrected chi connectivity index (χ3v) is 4.23. The van der Waals surface area contributed by atoms with E-state index < -0.39 is 17.3 Å². The number of methoxy groups -OCH3 is 1. The van der Waals surface area contributed by atoms with Crippen molar-refractivity contribution in [2.24, 2.45) is 0 Å². The molecule has 2 amide bonds. The minimum absolute atomic E-state index is 0.436. The molecule has 0 unspecified atom stereocenters. The number of nitrogens with one attached hydrogen (secondary N) is 1. The predicted molar refractivity (Wildman–Crippen MR) is 86.2 cm³/mol. The number of imide groups is 1. The first-order valence-corrected chi connectivity index (χ1v) is 7.88. The Balaban J connectivity index is 2.09. The van der Waals surface area contributed by atoms with Gasteiger partial charge in [-0.05, 0) is 19.4 Å². The van der Waals surface area contributed by atoms with Gasteiger partial charge in [0.2, 0.25) is 5.91 Å². The molecule has 7 nitrogen and oxygen atoms in total. The van der Waals surface area contributed by atoms with Crippen LogP contribution in [0.2, 0.25) is 0 Å². The molecule has 1 aromatic carbocycles. The van der Waals surface area contributed by atoms with Gasteiger partial charge in [0.15, 0.2) is 5.16 Å². The maximum absolute atomic E-state index is 11.9. The fraction of sp³-hybridized carbons (Fsp3) is 0.333. The van der Waals surface area contributed by atoms with E-state index in [9.17, 15) is 9.59 Å². The highest BCUT2D eigenvalue weighted by molar-refractivity contribution is 8.00. The van der Waals surface area contributed by atoms with Crippen LogP contribution in [-0.4, -0.2) is 39.1 Å². The second-order valence-electron chi connectivity index (χ2n) is 4.84. The van der Waals surface area contributed by atoms with Crippen LogP contribution in [-0.2, 0) is 16.1 Å². The number of ether oxygens (including phenoxy) is 1. The molecular weight excluding hydrogens is 316 g/mol. The summed E-state index contributed by atoms with van der Waals surface area (Å²) in [6.07, 6.45) is -0.774. The average molecular weight is 334 g/mol. The smallest absolute Gasteiger partial charge is 0.413 e. The lowest BCUT2D eigenvalue weighted by Crippen LogP contribution is -2.36.